The van der Waals surface area contributed by atoms with Crippen molar-refractivity contribution in [2.75, 3.05) is 32.8 Å². The van der Waals surface area contributed by atoms with Gasteiger partial charge in [-0.3, -0.25) is 9.59 Å². The van der Waals surface area contributed by atoms with Gasteiger partial charge in [-0.15, -0.1) is 0 Å². The van der Waals surface area contributed by atoms with E-state index in [9.17, 15) is 14.4 Å². The number of para-hydroxylation sites is 1. The molecule has 1 aromatic heterocycles. The van der Waals surface area contributed by atoms with E-state index in [1.165, 1.54) is 24.2 Å². The lowest BCUT2D eigenvalue weighted by atomic mass is 9.83. The molecule has 2 amide bonds. The summed E-state index contributed by atoms with van der Waals surface area (Å²) in [7, 11) is 0. The van der Waals surface area contributed by atoms with Crippen LogP contribution in [0.25, 0.3) is 0 Å². The van der Waals surface area contributed by atoms with Gasteiger partial charge in [0.05, 0.1) is 18.7 Å². The van der Waals surface area contributed by atoms with E-state index in [0.717, 1.165) is 25.2 Å². The van der Waals surface area contributed by atoms with Crippen LogP contribution < -0.4 is 10.1 Å². The molecule has 1 unspecified atom stereocenters. The van der Waals surface area contributed by atoms with Gasteiger partial charge in [0.15, 0.2) is 5.76 Å². The molecular formula is C34H39N3O6. The van der Waals surface area contributed by atoms with E-state index in [4.69, 9.17) is 13.9 Å². The van der Waals surface area contributed by atoms with Crippen molar-refractivity contribution in [1.29, 1.82) is 0 Å². The molecule has 0 bridgehead atoms. The van der Waals surface area contributed by atoms with Crippen molar-refractivity contribution >= 4 is 17.8 Å². The lowest BCUT2D eigenvalue weighted by molar-refractivity contribution is -0.140. The van der Waals surface area contributed by atoms with Gasteiger partial charge in [-0.25, -0.2) is 4.79 Å². The third kappa shape index (κ3) is 7.53. The van der Waals surface area contributed by atoms with Crippen LogP contribution in [0.2, 0.25) is 0 Å². The van der Waals surface area contributed by atoms with Crippen LogP contribution in [-0.2, 0) is 20.9 Å². The van der Waals surface area contributed by atoms with Crippen molar-refractivity contribution in [3.05, 3.63) is 95.1 Å². The van der Waals surface area contributed by atoms with E-state index in [-0.39, 0.29) is 37.1 Å². The molecular weight excluding hydrogens is 546 g/mol. The Morgan fingerprint density at radius 1 is 0.977 bits per heavy atom. The highest BCUT2D eigenvalue weighted by Crippen LogP contribution is 2.39. The van der Waals surface area contributed by atoms with Crippen LogP contribution in [0.4, 0.5) is 0 Å². The fourth-order valence-corrected chi connectivity index (χ4v) is 5.72. The van der Waals surface area contributed by atoms with E-state index < -0.39 is 11.9 Å². The number of ether oxygens (including phenoxy) is 2. The lowest BCUT2D eigenvalue weighted by Gasteiger charge is -2.34. The van der Waals surface area contributed by atoms with Crippen LogP contribution >= 0.6 is 0 Å². The van der Waals surface area contributed by atoms with Gasteiger partial charge in [-0.05, 0) is 81.7 Å². The Labute approximate surface area is 252 Å². The number of hydrogen-bond donors (Lipinski definition) is 1. The number of carbonyl (C=O) groups excluding carboxylic acids is 3. The summed E-state index contributed by atoms with van der Waals surface area (Å²) in [5.74, 6) is 0.532. The number of furan rings is 1. The maximum absolute atomic E-state index is 13.5. The molecule has 2 aromatic carbocycles. The molecule has 0 aliphatic carbocycles. The zero-order valence-corrected chi connectivity index (χ0v) is 24.8. The Balaban J connectivity index is 1.31. The average Bonchev–Trinajstić information content (AvgIpc) is 3.49. The maximum atomic E-state index is 13.5. The van der Waals surface area contributed by atoms with Gasteiger partial charge in [0.2, 0.25) is 5.91 Å². The summed E-state index contributed by atoms with van der Waals surface area (Å²) in [5.41, 5.74) is 1.70. The van der Waals surface area contributed by atoms with Crippen molar-refractivity contribution < 1.29 is 28.3 Å². The molecule has 0 spiro atoms. The van der Waals surface area contributed by atoms with Gasteiger partial charge in [-0.1, -0.05) is 36.8 Å². The first kappa shape index (κ1) is 30.1. The smallest absolute Gasteiger partial charge is 0.336 e. The first-order valence-electron chi connectivity index (χ1n) is 15.0. The fraction of sp³-hybridized carbons (Fsp3) is 0.382. The molecule has 9 heteroatoms. The lowest BCUT2D eigenvalue weighted by Crippen LogP contribution is -2.38. The summed E-state index contributed by atoms with van der Waals surface area (Å²) in [4.78, 5) is 43.3. The number of piperidine rings is 1. The number of nitrogens with zero attached hydrogens (tertiary/aromatic N) is 2. The topological polar surface area (TPSA) is 101 Å². The molecule has 0 saturated carbocycles. The van der Waals surface area contributed by atoms with Crippen LogP contribution in [0.5, 0.6) is 11.5 Å². The van der Waals surface area contributed by atoms with Gasteiger partial charge in [0, 0.05) is 31.1 Å². The predicted octanol–water partition coefficient (Wildman–Crippen LogP) is 5.64. The minimum absolute atomic E-state index is 0.0742. The van der Waals surface area contributed by atoms with Gasteiger partial charge in [-0.2, -0.15) is 0 Å². The summed E-state index contributed by atoms with van der Waals surface area (Å²) in [6.07, 6.45) is 3.74. The van der Waals surface area contributed by atoms with Crippen molar-refractivity contribution in [3.63, 3.8) is 0 Å². The standard InChI is InChI=1S/C34H39N3O6/c1-3-41-34(40)32-24(2)37(23-28-15-16-30(43-28)33(39)35-17-20-36-18-8-5-9-19-36)31(38)22-29(32)25-11-10-14-27(21-25)42-26-12-6-4-7-13-26/h4,6-7,10-16,21,29H,3,5,8-9,17-20,22-23H2,1-2H3,(H,35,39). The average molecular weight is 586 g/mol. The predicted molar refractivity (Wildman–Crippen MR) is 162 cm³/mol. The zero-order valence-electron chi connectivity index (χ0n) is 24.8. The van der Waals surface area contributed by atoms with Gasteiger partial charge < -0.3 is 29.0 Å². The van der Waals surface area contributed by atoms with E-state index in [1.807, 2.05) is 54.6 Å². The summed E-state index contributed by atoms with van der Waals surface area (Å²) in [6.45, 7) is 7.30. The minimum atomic E-state index is -0.500. The molecule has 1 atom stereocenters. The minimum Gasteiger partial charge on any atom is -0.463 e. The number of carbonyl (C=O) groups is 3. The second kappa shape index (κ2) is 14.2. The van der Waals surface area contributed by atoms with Gasteiger partial charge in [0.1, 0.15) is 17.3 Å². The largest absolute Gasteiger partial charge is 0.463 e. The monoisotopic (exact) mass is 585 g/mol. The van der Waals surface area contributed by atoms with Crippen molar-refractivity contribution in [1.82, 2.24) is 15.1 Å². The second-order valence-corrected chi connectivity index (χ2v) is 10.9. The third-order valence-electron chi connectivity index (χ3n) is 7.92. The van der Waals surface area contributed by atoms with Crippen LogP contribution in [0, 0.1) is 0 Å². The third-order valence-corrected chi connectivity index (χ3v) is 7.92. The Morgan fingerprint density at radius 3 is 2.51 bits per heavy atom. The highest BCUT2D eigenvalue weighted by atomic mass is 16.5. The maximum Gasteiger partial charge on any atom is 0.336 e. The Bertz CT molecular complexity index is 1460. The van der Waals surface area contributed by atoms with E-state index >= 15 is 0 Å². The molecule has 2 aliphatic rings. The van der Waals surface area contributed by atoms with Crippen molar-refractivity contribution in [3.8, 4) is 11.5 Å². The van der Waals surface area contributed by atoms with E-state index in [2.05, 4.69) is 10.2 Å². The van der Waals surface area contributed by atoms with Crippen LogP contribution in [-0.4, -0.2) is 60.4 Å². The quantitative estimate of drug-likeness (QED) is 0.291. The normalized spacial score (nSPS) is 17.6. The van der Waals surface area contributed by atoms with Crippen molar-refractivity contribution in [2.24, 2.45) is 0 Å². The molecule has 1 N–H and O–H groups in total. The number of likely N-dealkylation sites (tertiary alicyclic amines) is 1. The molecule has 43 heavy (non-hydrogen) atoms. The first-order valence-corrected chi connectivity index (χ1v) is 15.0. The Hall–Kier alpha value is -4.37. The SMILES string of the molecule is CCOC(=O)C1=C(C)N(Cc2ccc(C(=O)NCCN3CCCCC3)o2)C(=O)CC1c1cccc(Oc2ccccc2)c1. The summed E-state index contributed by atoms with van der Waals surface area (Å²) in [6, 6.07) is 20.2. The Morgan fingerprint density at radius 2 is 1.74 bits per heavy atom. The first-order chi connectivity index (χ1) is 20.9. The van der Waals surface area contributed by atoms with Crippen molar-refractivity contribution in [2.45, 2.75) is 52.0 Å². The highest BCUT2D eigenvalue weighted by Gasteiger charge is 2.37. The fourth-order valence-electron chi connectivity index (χ4n) is 5.72. The van der Waals surface area contributed by atoms with E-state index in [1.54, 1.807) is 26.0 Å². The molecule has 1 saturated heterocycles. The number of amides is 2. The zero-order chi connectivity index (χ0) is 30.2. The van der Waals surface area contributed by atoms with E-state index in [0.29, 0.717) is 35.1 Å². The van der Waals surface area contributed by atoms with Gasteiger partial charge >= 0.3 is 5.97 Å². The second-order valence-electron chi connectivity index (χ2n) is 10.9. The number of allylic oxidation sites excluding steroid dienone is 1. The summed E-state index contributed by atoms with van der Waals surface area (Å²) < 4.78 is 17.3. The molecule has 2 aliphatic heterocycles. The molecule has 3 aromatic rings. The molecule has 0 radical (unpaired) electrons. The van der Waals surface area contributed by atoms with Gasteiger partial charge in [0.25, 0.3) is 5.91 Å². The highest BCUT2D eigenvalue weighted by molar-refractivity contribution is 5.96. The number of benzene rings is 2. The molecule has 3 heterocycles. The number of rotatable bonds is 11. The summed E-state index contributed by atoms with van der Waals surface area (Å²) in [5, 5.41) is 2.92. The Kier molecular flexibility index (Phi) is 9.94. The summed E-state index contributed by atoms with van der Waals surface area (Å²) >= 11 is 0. The van der Waals surface area contributed by atoms with Crippen LogP contribution in [0.3, 0.4) is 0 Å². The number of hydrogen-bond acceptors (Lipinski definition) is 7. The number of nitrogens with one attached hydrogen (secondary N) is 1. The molecule has 226 valence electrons. The van der Waals surface area contributed by atoms with Crippen LogP contribution in [0.1, 0.15) is 67.3 Å². The molecule has 9 nitrogen and oxygen atoms in total. The molecule has 5 rings (SSSR count). The number of esters is 1. The van der Waals surface area contributed by atoms with Crippen LogP contribution in [0.15, 0.2) is 82.4 Å². The molecule has 1 fully saturated rings.